The van der Waals surface area contributed by atoms with E-state index in [4.69, 9.17) is 10.5 Å². The van der Waals surface area contributed by atoms with E-state index in [2.05, 4.69) is 15.2 Å². The van der Waals surface area contributed by atoms with Crippen LogP contribution in [0.25, 0.3) is 0 Å². The number of carbonyl (C=O) groups is 1. The quantitative estimate of drug-likeness (QED) is 0.765. The van der Waals surface area contributed by atoms with Gasteiger partial charge in [0, 0.05) is 31.5 Å². The Labute approximate surface area is 174 Å². The van der Waals surface area contributed by atoms with Crippen molar-refractivity contribution in [2.75, 3.05) is 29.9 Å². The molecule has 27 heavy (non-hydrogen) atoms. The van der Waals surface area contributed by atoms with Gasteiger partial charge >= 0.3 is 0 Å². The van der Waals surface area contributed by atoms with Crippen LogP contribution in [0.5, 0.6) is 0 Å². The van der Waals surface area contributed by atoms with E-state index in [1.807, 2.05) is 39.1 Å². The van der Waals surface area contributed by atoms with Crippen molar-refractivity contribution < 1.29 is 9.53 Å². The molecule has 0 bridgehead atoms. The number of nitrogens with one attached hydrogen (secondary N) is 1. The number of amides is 1. The first-order valence-electron chi connectivity index (χ1n) is 9.31. The van der Waals surface area contributed by atoms with Crippen LogP contribution in [0.4, 0.5) is 11.5 Å². The minimum absolute atomic E-state index is 0. The molecule has 6 nitrogen and oxygen atoms in total. The number of hydrogen-bond acceptors (Lipinski definition) is 5. The van der Waals surface area contributed by atoms with E-state index >= 15 is 0 Å². The van der Waals surface area contributed by atoms with Crippen LogP contribution in [0, 0.1) is 5.41 Å². The highest BCUT2D eigenvalue weighted by Crippen LogP contribution is 2.50. The lowest BCUT2D eigenvalue weighted by atomic mass is 9.54. The van der Waals surface area contributed by atoms with Crippen molar-refractivity contribution in [3.05, 3.63) is 18.3 Å². The molecule has 0 spiro atoms. The molecule has 1 amide bonds. The van der Waals surface area contributed by atoms with Crippen LogP contribution in [0.3, 0.4) is 0 Å². The predicted octanol–water partition coefficient (Wildman–Crippen LogP) is 3.39. The Balaban J connectivity index is 0.00000182. The summed E-state index contributed by atoms with van der Waals surface area (Å²) in [4.78, 5) is 19.5. The first kappa shape index (κ1) is 24.0. The molecular formula is C19H32Cl2N4O2. The van der Waals surface area contributed by atoms with Gasteiger partial charge in [-0.1, -0.05) is 13.8 Å². The summed E-state index contributed by atoms with van der Waals surface area (Å²) in [5, 5.41) is 2.88. The summed E-state index contributed by atoms with van der Waals surface area (Å²) in [5.74, 6) is 0.359. The number of nitrogens with two attached hydrogens (primary N) is 1. The standard InChI is InChI=1S/C19H30N4O2.2ClH/c1-4-25-15-12-19(20,18(15,2)3)17(24)22-16-9-8-14(13-21-16)23-10-6-5-7-11-23;;/h8-9,13,15H,4-7,10-12,20H2,1-3H3,(H,21,22,24);2*1H. The number of aromatic nitrogens is 1. The summed E-state index contributed by atoms with van der Waals surface area (Å²) in [7, 11) is 0. The largest absolute Gasteiger partial charge is 0.378 e. The van der Waals surface area contributed by atoms with E-state index in [-0.39, 0.29) is 36.8 Å². The van der Waals surface area contributed by atoms with Crippen LogP contribution in [0.2, 0.25) is 0 Å². The number of carbonyl (C=O) groups excluding carboxylic acids is 1. The molecule has 8 heteroatoms. The number of hydrogen-bond donors (Lipinski definition) is 2. The fourth-order valence-electron chi connectivity index (χ4n) is 3.85. The molecule has 1 saturated heterocycles. The molecule has 3 N–H and O–H groups in total. The van der Waals surface area contributed by atoms with Crippen LogP contribution in [0.1, 0.15) is 46.5 Å². The fourth-order valence-corrected chi connectivity index (χ4v) is 3.85. The first-order chi connectivity index (χ1) is 11.9. The number of rotatable bonds is 5. The molecule has 0 aromatic carbocycles. The smallest absolute Gasteiger partial charge is 0.246 e. The molecule has 1 aromatic heterocycles. The maximum Gasteiger partial charge on any atom is 0.246 e. The molecule has 2 atom stereocenters. The van der Waals surface area contributed by atoms with Crippen molar-refractivity contribution in [3.8, 4) is 0 Å². The monoisotopic (exact) mass is 418 g/mol. The first-order valence-corrected chi connectivity index (χ1v) is 9.31. The molecule has 1 saturated carbocycles. The summed E-state index contributed by atoms with van der Waals surface area (Å²) >= 11 is 0. The average Bonchev–Trinajstić information content (AvgIpc) is 2.62. The van der Waals surface area contributed by atoms with Gasteiger partial charge in [-0.15, -0.1) is 24.8 Å². The highest BCUT2D eigenvalue weighted by atomic mass is 35.5. The number of anilines is 2. The lowest BCUT2D eigenvalue weighted by Crippen LogP contribution is -2.74. The second kappa shape index (κ2) is 9.41. The van der Waals surface area contributed by atoms with Crippen molar-refractivity contribution in [2.24, 2.45) is 11.1 Å². The van der Waals surface area contributed by atoms with E-state index in [0.717, 1.165) is 18.8 Å². The molecule has 1 aliphatic carbocycles. The summed E-state index contributed by atoms with van der Waals surface area (Å²) in [6.07, 6.45) is 6.14. The van der Waals surface area contributed by atoms with Crippen molar-refractivity contribution >= 4 is 42.2 Å². The fraction of sp³-hybridized carbons (Fsp3) is 0.684. The van der Waals surface area contributed by atoms with Gasteiger partial charge in [-0.05, 0) is 38.3 Å². The Hall–Kier alpha value is -1.08. The topological polar surface area (TPSA) is 80.5 Å². The van der Waals surface area contributed by atoms with Crippen LogP contribution in [-0.2, 0) is 9.53 Å². The van der Waals surface area contributed by atoms with Gasteiger partial charge in [0.1, 0.15) is 11.4 Å². The molecule has 2 aliphatic rings. The second-order valence-corrected chi connectivity index (χ2v) is 7.74. The molecule has 1 aromatic rings. The van der Waals surface area contributed by atoms with Gasteiger partial charge in [0.05, 0.1) is 18.0 Å². The van der Waals surface area contributed by atoms with Crippen LogP contribution < -0.4 is 16.0 Å². The zero-order valence-corrected chi connectivity index (χ0v) is 18.0. The second-order valence-electron chi connectivity index (χ2n) is 7.74. The number of halogens is 2. The summed E-state index contributed by atoms with van der Waals surface area (Å²) in [5.41, 5.74) is 6.19. The van der Waals surface area contributed by atoms with E-state index in [1.54, 1.807) is 0 Å². The summed E-state index contributed by atoms with van der Waals surface area (Å²) in [6, 6.07) is 3.88. The van der Waals surface area contributed by atoms with Gasteiger partial charge in [0.15, 0.2) is 0 Å². The minimum atomic E-state index is -0.930. The van der Waals surface area contributed by atoms with Gasteiger partial charge in [0.25, 0.3) is 0 Å². The maximum atomic E-state index is 12.7. The van der Waals surface area contributed by atoms with Gasteiger partial charge in [-0.25, -0.2) is 4.98 Å². The zero-order chi connectivity index (χ0) is 18.1. The van der Waals surface area contributed by atoms with E-state index < -0.39 is 11.0 Å². The third-order valence-corrected chi connectivity index (χ3v) is 5.95. The molecule has 2 heterocycles. The summed E-state index contributed by atoms with van der Waals surface area (Å²) in [6.45, 7) is 8.72. The molecule has 3 rings (SSSR count). The Morgan fingerprint density at radius 1 is 1.30 bits per heavy atom. The van der Waals surface area contributed by atoms with Gasteiger partial charge in [-0.3, -0.25) is 4.79 Å². The predicted molar refractivity (Wildman–Crippen MR) is 114 cm³/mol. The Morgan fingerprint density at radius 3 is 2.48 bits per heavy atom. The van der Waals surface area contributed by atoms with Crippen LogP contribution in [0.15, 0.2) is 18.3 Å². The molecule has 1 aliphatic heterocycles. The van der Waals surface area contributed by atoms with E-state index in [0.29, 0.717) is 18.8 Å². The van der Waals surface area contributed by atoms with Crippen molar-refractivity contribution in [1.82, 2.24) is 4.98 Å². The number of piperidine rings is 1. The van der Waals surface area contributed by atoms with E-state index in [9.17, 15) is 4.79 Å². The van der Waals surface area contributed by atoms with Crippen LogP contribution >= 0.6 is 24.8 Å². The SMILES string of the molecule is CCOC1CC(N)(C(=O)Nc2ccc(N3CCCCC3)cn2)C1(C)C.Cl.Cl. The van der Waals surface area contributed by atoms with E-state index in [1.165, 1.54) is 19.3 Å². The van der Waals surface area contributed by atoms with Crippen molar-refractivity contribution in [2.45, 2.75) is 58.1 Å². The number of nitrogens with zero attached hydrogens (tertiary/aromatic N) is 2. The molecule has 2 fully saturated rings. The highest BCUT2D eigenvalue weighted by molar-refractivity contribution is 5.99. The van der Waals surface area contributed by atoms with Gasteiger partial charge in [0.2, 0.25) is 5.91 Å². The lowest BCUT2D eigenvalue weighted by Gasteiger charge is -2.57. The number of pyridine rings is 1. The molecular weight excluding hydrogens is 387 g/mol. The zero-order valence-electron chi connectivity index (χ0n) is 16.4. The summed E-state index contributed by atoms with van der Waals surface area (Å²) < 4.78 is 5.69. The minimum Gasteiger partial charge on any atom is -0.378 e. The maximum absolute atomic E-state index is 12.7. The lowest BCUT2D eigenvalue weighted by molar-refractivity contribution is -0.166. The van der Waals surface area contributed by atoms with Crippen molar-refractivity contribution in [3.63, 3.8) is 0 Å². The molecule has 0 radical (unpaired) electrons. The third-order valence-electron chi connectivity index (χ3n) is 5.95. The molecule has 2 unspecified atom stereocenters. The highest BCUT2D eigenvalue weighted by Gasteiger charge is 2.62. The van der Waals surface area contributed by atoms with Crippen LogP contribution in [-0.4, -0.2) is 42.2 Å². The van der Waals surface area contributed by atoms with Gasteiger partial charge in [-0.2, -0.15) is 0 Å². The van der Waals surface area contributed by atoms with Crippen molar-refractivity contribution in [1.29, 1.82) is 0 Å². The molecule has 154 valence electrons. The number of ether oxygens (including phenoxy) is 1. The Kier molecular flexibility index (Phi) is 8.35. The normalized spacial score (nSPS) is 26.2. The van der Waals surface area contributed by atoms with Gasteiger partial charge < -0.3 is 20.7 Å². The third kappa shape index (κ3) is 4.50. The average molecular weight is 419 g/mol. The Morgan fingerprint density at radius 2 is 1.96 bits per heavy atom. The Bertz CT molecular complexity index is 621.